The Balaban J connectivity index is 1.64. The fraction of sp³-hybridized carbons (Fsp3) is 0.682. The monoisotopic (exact) mass is 418 g/mol. The second-order valence-corrected chi connectivity index (χ2v) is 9.82. The average Bonchev–Trinajstić information content (AvgIpc) is 3.08. The Hall–Kier alpha value is -2.19. The first-order chi connectivity index (χ1) is 14.0. The average molecular weight is 418 g/mol. The molecule has 1 heterocycles. The molecule has 1 saturated heterocycles. The summed E-state index contributed by atoms with van der Waals surface area (Å²) in [6, 6.07) is 0. The lowest BCUT2D eigenvalue weighted by molar-refractivity contribution is -0.177. The normalized spacial score (nSPS) is 50.0. The van der Waals surface area contributed by atoms with E-state index in [0.29, 0.717) is 31.3 Å². The summed E-state index contributed by atoms with van der Waals surface area (Å²) in [6.07, 6.45) is 4.01. The highest BCUT2D eigenvalue weighted by molar-refractivity contribution is 5.87. The highest BCUT2D eigenvalue weighted by atomic mass is 16.7. The van der Waals surface area contributed by atoms with Gasteiger partial charge in [-0.1, -0.05) is 12.7 Å². The molecule has 0 unspecified atom stereocenters. The first-order valence-electron chi connectivity index (χ1n) is 10.3. The maximum atomic E-state index is 13.4. The molecule has 0 aromatic carbocycles. The van der Waals surface area contributed by atoms with Crippen LogP contribution in [0.5, 0.6) is 0 Å². The van der Waals surface area contributed by atoms with Crippen LogP contribution in [0.1, 0.15) is 39.5 Å². The number of aliphatic hydroxyl groups excluding tert-OH is 1. The van der Waals surface area contributed by atoms with Gasteiger partial charge in [-0.3, -0.25) is 14.4 Å². The molecule has 1 spiro atoms. The summed E-state index contributed by atoms with van der Waals surface area (Å²) in [5.41, 5.74) is -3.45. The summed E-state index contributed by atoms with van der Waals surface area (Å²) in [5, 5.41) is 21.9. The number of carbonyl (C=O) groups is 3. The van der Waals surface area contributed by atoms with Gasteiger partial charge >= 0.3 is 17.9 Å². The van der Waals surface area contributed by atoms with Crippen LogP contribution in [0.15, 0.2) is 24.3 Å². The quantitative estimate of drug-likeness (QED) is 0.396. The predicted molar refractivity (Wildman–Crippen MR) is 100 cm³/mol. The van der Waals surface area contributed by atoms with Crippen molar-refractivity contribution in [2.45, 2.75) is 56.8 Å². The van der Waals surface area contributed by atoms with Crippen LogP contribution in [0, 0.1) is 28.6 Å². The Kier molecular flexibility index (Phi) is 3.78. The molecule has 0 radical (unpaired) electrons. The van der Waals surface area contributed by atoms with Gasteiger partial charge in [0.15, 0.2) is 0 Å². The van der Waals surface area contributed by atoms with Crippen LogP contribution in [-0.4, -0.2) is 52.2 Å². The van der Waals surface area contributed by atoms with Gasteiger partial charge in [-0.25, -0.2) is 0 Å². The Bertz CT molecular complexity index is 909. The largest absolute Gasteiger partial charge is 0.454 e. The summed E-state index contributed by atoms with van der Waals surface area (Å²) in [7, 11) is 0. The van der Waals surface area contributed by atoms with E-state index in [0.717, 1.165) is 0 Å². The second-order valence-electron chi connectivity index (χ2n) is 9.82. The van der Waals surface area contributed by atoms with Crippen LogP contribution in [-0.2, 0) is 28.6 Å². The molecule has 0 amide bonds. The molecule has 0 aromatic heterocycles. The number of esters is 3. The third-order valence-corrected chi connectivity index (χ3v) is 8.57. The van der Waals surface area contributed by atoms with Crippen molar-refractivity contribution < 1.29 is 38.8 Å². The van der Waals surface area contributed by atoms with Gasteiger partial charge in [0.25, 0.3) is 0 Å². The van der Waals surface area contributed by atoms with Crippen molar-refractivity contribution in [3.63, 3.8) is 0 Å². The van der Waals surface area contributed by atoms with Gasteiger partial charge < -0.3 is 24.4 Å². The minimum absolute atomic E-state index is 0.213. The van der Waals surface area contributed by atoms with Crippen molar-refractivity contribution in [2.75, 3.05) is 6.79 Å². The zero-order valence-electron chi connectivity index (χ0n) is 17.1. The van der Waals surface area contributed by atoms with E-state index >= 15 is 0 Å². The Morgan fingerprint density at radius 2 is 2.10 bits per heavy atom. The molecule has 30 heavy (non-hydrogen) atoms. The number of hydrogen-bond acceptors (Lipinski definition) is 8. The third-order valence-electron chi connectivity index (χ3n) is 8.57. The van der Waals surface area contributed by atoms with E-state index < -0.39 is 64.7 Å². The van der Waals surface area contributed by atoms with E-state index in [2.05, 4.69) is 6.58 Å². The Labute approximate surface area is 173 Å². The van der Waals surface area contributed by atoms with E-state index in [1.54, 1.807) is 19.1 Å². The smallest absolute Gasteiger partial charge is 0.316 e. The van der Waals surface area contributed by atoms with Crippen LogP contribution in [0.3, 0.4) is 0 Å². The van der Waals surface area contributed by atoms with Gasteiger partial charge in [-0.05, 0) is 49.7 Å². The van der Waals surface area contributed by atoms with Crippen molar-refractivity contribution in [3.8, 4) is 0 Å². The molecule has 1 aliphatic heterocycles. The number of fused-ring (bicyclic) bond motifs is 1. The van der Waals surface area contributed by atoms with Crippen LogP contribution in [0.2, 0.25) is 0 Å². The molecule has 5 rings (SSSR count). The molecule has 8 heteroatoms. The molecule has 2 N–H and O–H groups in total. The van der Waals surface area contributed by atoms with Crippen molar-refractivity contribution in [1.29, 1.82) is 0 Å². The summed E-state index contributed by atoms with van der Waals surface area (Å²) in [5.74, 6) is -3.41. The highest BCUT2D eigenvalue weighted by Gasteiger charge is 2.83. The second kappa shape index (κ2) is 5.73. The van der Waals surface area contributed by atoms with Gasteiger partial charge in [0, 0.05) is 18.8 Å². The van der Waals surface area contributed by atoms with E-state index in [4.69, 9.17) is 14.2 Å². The van der Waals surface area contributed by atoms with Crippen molar-refractivity contribution in [3.05, 3.63) is 24.3 Å². The first kappa shape index (κ1) is 19.8. The van der Waals surface area contributed by atoms with Gasteiger partial charge in [0.05, 0.1) is 17.6 Å². The summed E-state index contributed by atoms with van der Waals surface area (Å²) >= 11 is 0. The molecule has 8 atom stereocenters. The standard InChI is InChI=1S/C22H26O8/c1-11-8-20-9-21(11,27)6-4-13(20)22-7-5-14(24)19(3,18(26)30-22)16(22)15(20)17(25)29-10-28-12(2)23/h5,7,13-16,24,27H,1,4,6,8-10H2,2-3H3/t13-,14+,15-,16-,19-,20+,21+,22-/m1/s1. The van der Waals surface area contributed by atoms with E-state index in [1.165, 1.54) is 6.92 Å². The molecule has 5 aliphatic rings. The molecule has 8 nitrogen and oxygen atoms in total. The lowest BCUT2D eigenvalue weighted by atomic mass is 9.61. The molecule has 0 aromatic rings. The predicted octanol–water partition coefficient (Wildman–Crippen LogP) is 1.01. The molecule has 4 fully saturated rings. The van der Waals surface area contributed by atoms with Crippen molar-refractivity contribution >= 4 is 17.9 Å². The number of aliphatic hydroxyl groups is 2. The third kappa shape index (κ3) is 2.06. The fourth-order valence-electron chi connectivity index (χ4n) is 7.37. The minimum Gasteiger partial charge on any atom is -0.454 e. The number of hydrogen-bond donors (Lipinski definition) is 2. The van der Waals surface area contributed by atoms with Gasteiger partial charge in [0.2, 0.25) is 6.79 Å². The van der Waals surface area contributed by atoms with Crippen LogP contribution in [0.25, 0.3) is 0 Å². The first-order valence-corrected chi connectivity index (χ1v) is 10.3. The molecule has 4 aliphatic carbocycles. The lowest BCUT2D eigenvalue weighted by Crippen LogP contribution is -2.51. The maximum Gasteiger partial charge on any atom is 0.316 e. The van der Waals surface area contributed by atoms with E-state index in [9.17, 15) is 24.6 Å². The van der Waals surface area contributed by atoms with Gasteiger partial charge in [0.1, 0.15) is 11.0 Å². The minimum atomic E-state index is -1.31. The number of ether oxygens (including phenoxy) is 3. The molecule has 162 valence electrons. The van der Waals surface area contributed by atoms with Crippen LogP contribution >= 0.6 is 0 Å². The topological polar surface area (TPSA) is 119 Å². The molecule has 4 bridgehead atoms. The van der Waals surface area contributed by atoms with E-state index in [1.807, 2.05) is 0 Å². The zero-order valence-corrected chi connectivity index (χ0v) is 17.1. The maximum absolute atomic E-state index is 13.4. The highest BCUT2D eigenvalue weighted by Crippen LogP contribution is 2.77. The number of rotatable bonds is 3. The summed E-state index contributed by atoms with van der Waals surface area (Å²) in [6.45, 7) is 6.40. The number of carbonyl (C=O) groups excluding carboxylic acids is 3. The Morgan fingerprint density at radius 1 is 1.37 bits per heavy atom. The Morgan fingerprint density at radius 3 is 2.80 bits per heavy atom. The van der Waals surface area contributed by atoms with Crippen molar-refractivity contribution in [1.82, 2.24) is 0 Å². The van der Waals surface area contributed by atoms with Crippen LogP contribution in [0.4, 0.5) is 0 Å². The van der Waals surface area contributed by atoms with Crippen LogP contribution < -0.4 is 0 Å². The lowest BCUT2D eigenvalue weighted by Gasteiger charge is -2.44. The van der Waals surface area contributed by atoms with Gasteiger partial charge in [-0.15, -0.1) is 0 Å². The summed E-state index contributed by atoms with van der Waals surface area (Å²) < 4.78 is 16.1. The molecule has 3 saturated carbocycles. The van der Waals surface area contributed by atoms with Gasteiger partial charge in [-0.2, -0.15) is 0 Å². The zero-order chi connectivity index (χ0) is 21.7. The SMILES string of the molecule is C=C1C[C@]23C[C@@]1(O)CC[C@H]2[C@@]12C=C[C@H](O)[C@@](C)(C(=O)O1)[C@H]2[C@@H]3C(=O)OCOC(C)=O. The molecular weight excluding hydrogens is 392 g/mol. The van der Waals surface area contributed by atoms with E-state index in [-0.39, 0.29) is 5.92 Å². The molecular formula is C22H26O8. The fourth-order valence-corrected chi connectivity index (χ4v) is 7.37. The van der Waals surface area contributed by atoms with Crippen molar-refractivity contribution in [2.24, 2.45) is 28.6 Å². The summed E-state index contributed by atoms with van der Waals surface area (Å²) in [4.78, 5) is 37.5.